The molecular weight excluding hydrogens is 245 g/mol. The monoisotopic (exact) mass is 257 g/mol. The van der Waals surface area contributed by atoms with Crippen molar-refractivity contribution in [3.05, 3.63) is 34.6 Å². The first-order valence-corrected chi connectivity index (χ1v) is 5.66. The Bertz CT molecular complexity index is 462. The van der Waals surface area contributed by atoms with E-state index in [1.165, 1.54) is 12.1 Å². The predicted octanol–water partition coefficient (Wildman–Crippen LogP) is 3.29. The van der Waals surface area contributed by atoms with Gasteiger partial charge in [-0.3, -0.25) is 0 Å². The zero-order valence-electron chi connectivity index (χ0n) is 9.59. The number of benzene rings is 1. The minimum absolute atomic E-state index is 0.0740. The SMILES string of the molecule is CC1(C)COC(=O)N[C@H]1c1ccc(Cl)c(F)c1. The molecule has 0 spiro atoms. The van der Waals surface area contributed by atoms with Crippen LogP contribution in [0.4, 0.5) is 9.18 Å². The minimum atomic E-state index is -0.485. The molecule has 1 saturated heterocycles. The average molecular weight is 258 g/mol. The van der Waals surface area contributed by atoms with Crippen LogP contribution in [0.25, 0.3) is 0 Å². The van der Waals surface area contributed by atoms with E-state index in [2.05, 4.69) is 5.32 Å². The molecule has 1 aliphatic rings. The summed E-state index contributed by atoms with van der Waals surface area (Å²) >= 11 is 5.63. The Hall–Kier alpha value is -1.29. The van der Waals surface area contributed by atoms with Crippen molar-refractivity contribution in [3.8, 4) is 0 Å². The molecule has 0 aromatic heterocycles. The van der Waals surface area contributed by atoms with Crippen molar-refractivity contribution in [1.82, 2.24) is 5.32 Å². The van der Waals surface area contributed by atoms with Gasteiger partial charge in [-0.2, -0.15) is 0 Å². The van der Waals surface area contributed by atoms with E-state index in [-0.39, 0.29) is 16.5 Å². The number of hydrogen-bond acceptors (Lipinski definition) is 2. The fourth-order valence-electron chi connectivity index (χ4n) is 1.92. The Morgan fingerprint density at radius 1 is 1.53 bits per heavy atom. The normalized spacial score (nSPS) is 22.8. The topological polar surface area (TPSA) is 38.3 Å². The minimum Gasteiger partial charge on any atom is -0.449 e. The second-order valence-electron chi connectivity index (χ2n) is 4.82. The van der Waals surface area contributed by atoms with E-state index in [0.29, 0.717) is 12.2 Å². The van der Waals surface area contributed by atoms with Crippen molar-refractivity contribution in [3.63, 3.8) is 0 Å². The summed E-state index contributed by atoms with van der Waals surface area (Å²) in [6.07, 6.45) is -0.482. The number of rotatable bonds is 1. The second-order valence-corrected chi connectivity index (χ2v) is 5.22. The summed E-state index contributed by atoms with van der Waals surface area (Å²) in [5.41, 5.74) is 0.391. The zero-order valence-corrected chi connectivity index (χ0v) is 10.3. The van der Waals surface area contributed by atoms with Crippen LogP contribution < -0.4 is 5.32 Å². The van der Waals surface area contributed by atoms with Crippen LogP contribution in [0.2, 0.25) is 5.02 Å². The van der Waals surface area contributed by atoms with Gasteiger partial charge in [0.2, 0.25) is 0 Å². The smallest absolute Gasteiger partial charge is 0.407 e. The number of carbonyl (C=O) groups is 1. The largest absolute Gasteiger partial charge is 0.449 e. The van der Waals surface area contributed by atoms with Crippen LogP contribution in [0.1, 0.15) is 25.5 Å². The first kappa shape index (κ1) is 12.2. The molecule has 5 heteroatoms. The summed E-state index contributed by atoms with van der Waals surface area (Å²) in [7, 11) is 0. The lowest BCUT2D eigenvalue weighted by molar-refractivity contribution is 0.0386. The number of alkyl carbamates (subject to hydrolysis) is 1. The Labute approximate surface area is 104 Å². The van der Waals surface area contributed by atoms with Crippen LogP contribution in [0.3, 0.4) is 0 Å². The Morgan fingerprint density at radius 2 is 2.24 bits per heavy atom. The van der Waals surface area contributed by atoms with Gasteiger partial charge in [0, 0.05) is 5.41 Å². The molecule has 1 amide bonds. The number of cyclic esters (lactones) is 1. The Morgan fingerprint density at radius 3 is 2.88 bits per heavy atom. The average Bonchev–Trinajstić information content (AvgIpc) is 2.26. The van der Waals surface area contributed by atoms with E-state index in [1.54, 1.807) is 6.07 Å². The molecule has 1 N–H and O–H groups in total. The van der Waals surface area contributed by atoms with Crippen molar-refractivity contribution >= 4 is 17.7 Å². The first-order valence-electron chi connectivity index (χ1n) is 5.28. The molecule has 1 atom stereocenters. The summed E-state index contributed by atoms with van der Waals surface area (Å²) in [4.78, 5) is 11.2. The molecule has 92 valence electrons. The van der Waals surface area contributed by atoms with Crippen molar-refractivity contribution in [2.24, 2.45) is 5.41 Å². The molecule has 1 aromatic rings. The van der Waals surface area contributed by atoms with Crippen LogP contribution in [-0.2, 0) is 4.74 Å². The highest BCUT2D eigenvalue weighted by Crippen LogP contribution is 2.37. The molecule has 3 nitrogen and oxygen atoms in total. The number of nitrogens with one attached hydrogen (secondary N) is 1. The van der Waals surface area contributed by atoms with Crippen molar-refractivity contribution in [1.29, 1.82) is 0 Å². The van der Waals surface area contributed by atoms with Gasteiger partial charge in [0.1, 0.15) is 12.4 Å². The van der Waals surface area contributed by atoms with Crippen LogP contribution in [-0.4, -0.2) is 12.7 Å². The molecule has 0 aliphatic carbocycles. The third-order valence-electron chi connectivity index (χ3n) is 2.90. The summed E-state index contributed by atoms with van der Waals surface area (Å²) in [5, 5.41) is 2.77. The van der Waals surface area contributed by atoms with Gasteiger partial charge in [-0.05, 0) is 17.7 Å². The third kappa shape index (κ3) is 2.36. The highest BCUT2D eigenvalue weighted by molar-refractivity contribution is 6.30. The number of halogens is 2. The molecule has 17 heavy (non-hydrogen) atoms. The van der Waals surface area contributed by atoms with Gasteiger partial charge in [0.05, 0.1) is 11.1 Å². The molecule has 0 saturated carbocycles. The van der Waals surface area contributed by atoms with Crippen LogP contribution in [0.5, 0.6) is 0 Å². The van der Waals surface area contributed by atoms with Gasteiger partial charge in [-0.25, -0.2) is 9.18 Å². The molecular formula is C12H13ClFNO2. The molecule has 1 fully saturated rings. The fraction of sp³-hybridized carbons (Fsp3) is 0.417. The number of ether oxygens (including phenoxy) is 1. The van der Waals surface area contributed by atoms with Crippen molar-refractivity contribution in [2.45, 2.75) is 19.9 Å². The maximum Gasteiger partial charge on any atom is 0.407 e. The van der Waals surface area contributed by atoms with Crippen molar-refractivity contribution < 1.29 is 13.9 Å². The van der Waals surface area contributed by atoms with Gasteiger partial charge in [0.15, 0.2) is 0 Å². The standard InChI is InChI=1S/C12H13ClFNO2/c1-12(2)6-17-11(16)15-10(12)7-3-4-8(13)9(14)5-7/h3-5,10H,6H2,1-2H3,(H,15,16)/t10-/m0/s1. The molecule has 2 rings (SSSR count). The lowest BCUT2D eigenvalue weighted by Gasteiger charge is -2.38. The third-order valence-corrected chi connectivity index (χ3v) is 3.20. The molecule has 0 bridgehead atoms. The second kappa shape index (κ2) is 4.18. The van der Waals surface area contributed by atoms with Crippen molar-refractivity contribution in [2.75, 3.05) is 6.61 Å². The van der Waals surface area contributed by atoms with Crippen LogP contribution in [0.15, 0.2) is 18.2 Å². The lowest BCUT2D eigenvalue weighted by Crippen LogP contribution is -2.46. The van der Waals surface area contributed by atoms with E-state index in [0.717, 1.165) is 0 Å². The predicted molar refractivity (Wildman–Crippen MR) is 62.4 cm³/mol. The van der Waals surface area contributed by atoms with Gasteiger partial charge in [-0.1, -0.05) is 31.5 Å². The van der Waals surface area contributed by atoms with Crippen LogP contribution >= 0.6 is 11.6 Å². The molecule has 0 radical (unpaired) electrons. The Balaban J connectivity index is 2.36. The van der Waals surface area contributed by atoms with Gasteiger partial charge >= 0.3 is 6.09 Å². The van der Waals surface area contributed by atoms with Gasteiger partial charge in [0.25, 0.3) is 0 Å². The van der Waals surface area contributed by atoms with Gasteiger partial charge in [-0.15, -0.1) is 0 Å². The number of hydrogen-bond donors (Lipinski definition) is 1. The highest BCUT2D eigenvalue weighted by Gasteiger charge is 2.38. The number of carbonyl (C=O) groups excluding carboxylic acids is 1. The lowest BCUT2D eigenvalue weighted by atomic mass is 9.80. The molecule has 1 aliphatic heterocycles. The maximum absolute atomic E-state index is 13.4. The van der Waals surface area contributed by atoms with E-state index >= 15 is 0 Å². The molecule has 1 aromatic carbocycles. The van der Waals surface area contributed by atoms with Gasteiger partial charge < -0.3 is 10.1 Å². The molecule has 0 unspecified atom stereocenters. The van der Waals surface area contributed by atoms with E-state index in [1.807, 2.05) is 13.8 Å². The number of amides is 1. The van der Waals surface area contributed by atoms with E-state index < -0.39 is 11.9 Å². The first-order chi connectivity index (χ1) is 7.90. The quantitative estimate of drug-likeness (QED) is 0.838. The summed E-state index contributed by atoms with van der Waals surface area (Å²) < 4.78 is 18.3. The highest BCUT2D eigenvalue weighted by atomic mass is 35.5. The summed E-state index contributed by atoms with van der Waals surface area (Å²) in [6.45, 7) is 4.20. The summed E-state index contributed by atoms with van der Waals surface area (Å²) in [6, 6.07) is 4.27. The van der Waals surface area contributed by atoms with Crippen LogP contribution in [0, 0.1) is 11.2 Å². The summed E-state index contributed by atoms with van der Waals surface area (Å²) in [5.74, 6) is -0.485. The fourth-order valence-corrected chi connectivity index (χ4v) is 2.03. The molecule has 1 heterocycles. The van der Waals surface area contributed by atoms with E-state index in [4.69, 9.17) is 16.3 Å². The van der Waals surface area contributed by atoms with E-state index in [9.17, 15) is 9.18 Å². The Kier molecular flexibility index (Phi) is 3.00. The maximum atomic E-state index is 13.4. The zero-order chi connectivity index (χ0) is 12.6.